The first-order chi connectivity index (χ1) is 9.11. The number of aliphatic hydroxyl groups excluding tert-OH is 1. The topological polar surface area (TPSA) is 42.4 Å². The van der Waals surface area contributed by atoms with E-state index in [1.54, 1.807) is 0 Å². The minimum Gasteiger partial charge on any atom is -0.472 e. The summed E-state index contributed by atoms with van der Waals surface area (Å²) in [6.45, 7) is 4.22. The number of rotatable bonds is 4. The third-order valence-corrected chi connectivity index (χ3v) is 3.69. The van der Waals surface area contributed by atoms with Gasteiger partial charge in [0.25, 0.3) is 0 Å². The Morgan fingerprint density at radius 2 is 2.00 bits per heavy atom. The highest BCUT2D eigenvalue weighted by molar-refractivity contribution is 9.10. The van der Waals surface area contributed by atoms with Gasteiger partial charge in [-0.1, -0.05) is 34.1 Å². The van der Waals surface area contributed by atoms with Crippen molar-refractivity contribution in [2.75, 3.05) is 0 Å². The highest BCUT2D eigenvalue weighted by Crippen LogP contribution is 2.23. The molecule has 0 fully saturated rings. The molecule has 0 aliphatic carbocycles. The number of hydrogen-bond donors (Lipinski definition) is 1. The molecule has 0 saturated carbocycles. The maximum absolute atomic E-state index is 9.41. The van der Waals surface area contributed by atoms with Gasteiger partial charge in [0.1, 0.15) is 6.61 Å². The summed E-state index contributed by atoms with van der Waals surface area (Å²) in [5.74, 6) is 0.510. The van der Waals surface area contributed by atoms with Crippen LogP contribution >= 0.6 is 15.9 Å². The molecule has 1 N–H and O–H groups in total. The van der Waals surface area contributed by atoms with E-state index in [9.17, 15) is 5.11 Å². The fraction of sp³-hybridized carbons (Fsp3) is 0.267. The monoisotopic (exact) mass is 321 g/mol. The summed E-state index contributed by atoms with van der Waals surface area (Å²) < 4.78 is 6.76. The average Bonchev–Trinajstić information content (AvgIpc) is 2.37. The zero-order valence-electron chi connectivity index (χ0n) is 11.0. The number of benzene rings is 1. The third-order valence-electron chi connectivity index (χ3n) is 2.92. The van der Waals surface area contributed by atoms with Crippen molar-refractivity contribution in [1.29, 1.82) is 0 Å². The predicted molar refractivity (Wildman–Crippen MR) is 78.1 cm³/mol. The molecule has 100 valence electrons. The number of aliphatic hydroxyl groups is 1. The van der Waals surface area contributed by atoms with E-state index < -0.39 is 0 Å². The maximum atomic E-state index is 9.41. The highest BCUT2D eigenvalue weighted by Gasteiger charge is 2.10. The summed E-state index contributed by atoms with van der Waals surface area (Å²) >= 11 is 3.48. The van der Waals surface area contributed by atoms with E-state index in [2.05, 4.69) is 20.9 Å². The van der Waals surface area contributed by atoms with Crippen LogP contribution in [0.1, 0.15) is 22.4 Å². The Morgan fingerprint density at radius 1 is 1.26 bits per heavy atom. The largest absolute Gasteiger partial charge is 0.472 e. The molecule has 0 aliphatic heterocycles. The number of ether oxygens (including phenoxy) is 1. The minimum absolute atomic E-state index is 0.0651. The van der Waals surface area contributed by atoms with Crippen LogP contribution in [0.3, 0.4) is 0 Å². The zero-order chi connectivity index (χ0) is 13.8. The molecule has 0 spiro atoms. The molecule has 0 aliphatic rings. The van der Waals surface area contributed by atoms with Crippen molar-refractivity contribution >= 4 is 15.9 Å². The van der Waals surface area contributed by atoms with E-state index in [1.807, 2.05) is 44.2 Å². The molecule has 2 rings (SSSR count). The molecule has 0 atom stereocenters. The predicted octanol–water partition coefficient (Wildman–Crippen LogP) is 3.53. The van der Waals surface area contributed by atoms with E-state index in [1.165, 1.54) is 0 Å². The van der Waals surface area contributed by atoms with Gasteiger partial charge in [-0.2, -0.15) is 0 Å². The fourth-order valence-electron chi connectivity index (χ4n) is 1.90. The van der Waals surface area contributed by atoms with E-state index >= 15 is 0 Å². The summed E-state index contributed by atoms with van der Waals surface area (Å²) in [5.41, 5.74) is 3.68. The number of nitrogens with zero attached hydrogens (tertiary/aromatic N) is 1. The van der Waals surface area contributed by atoms with E-state index in [0.29, 0.717) is 12.5 Å². The third kappa shape index (κ3) is 3.33. The Kier molecular flexibility index (Phi) is 4.56. The van der Waals surface area contributed by atoms with Crippen LogP contribution in [0.15, 0.2) is 34.8 Å². The molecule has 4 heteroatoms. The first-order valence-corrected chi connectivity index (χ1v) is 6.85. The molecule has 3 nitrogen and oxygen atoms in total. The van der Waals surface area contributed by atoms with Crippen molar-refractivity contribution in [3.05, 3.63) is 57.2 Å². The van der Waals surface area contributed by atoms with E-state index in [-0.39, 0.29) is 6.61 Å². The molecular weight excluding hydrogens is 306 g/mol. The van der Waals surface area contributed by atoms with Crippen molar-refractivity contribution in [3.8, 4) is 5.88 Å². The second-order valence-electron chi connectivity index (χ2n) is 4.40. The first kappa shape index (κ1) is 14.0. The average molecular weight is 322 g/mol. The maximum Gasteiger partial charge on any atom is 0.219 e. The molecule has 1 aromatic carbocycles. The van der Waals surface area contributed by atoms with Crippen LogP contribution in [0.25, 0.3) is 0 Å². The van der Waals surface area contributed by atoms with Crippen LogP contribution in [0, 0.1) is 13.8 Å². The van der Waals surface area contributed by atoms with Crippen molar-refractivity contribution in [2.45, 2.75) is 27.1 Å². The van der Waals surface area contributed by atoms with Crippen LogP contribution in [0.2, 0.25) is 0 Å². The van der Waals surface area contributed by atoms with Gasteiger partial charge in [0.15, 0.2) is 0 Å². The smallest absolute Gasteiger partial charge is 0.219 e. The molecule has 0 saturated heterocycles. The molecule has 0 amide bonds. The number of aromatic nitrogens is 1. The summed E-state index contributed by atoms with van der Waals surface area (Å²) in [6.07, 6.45) is 0. The summed E-state index contributed by atoms with van der Waals surface area (Å²) in [5, 5.41) is 9.41. The lowest BCUT2D eigenvalue weighted by Gasteiger charge is -2.13. The van der Waals surface area contributed by atoms with Gasteiger partial charge in [-0.15, -0.1) is 0 Å². The molecule has 2 aromatic rings. The standard InChI is InChI=1S/C15H16BrNO2/c1-10-7-11(2)17-15(13(10)8-18)19-9-12-5-3-4-6-14(12)16/h3-7,18H,8-9H2,1-2H3. The van der Waals surface area contributed by atoms with Gasteiger partial charge in [-0.05, 0) is 31.5 Å². The second-order valence-corrected chi connectivity index (χ2v) is 5.26. The van der Waals surface area contributed by atoms with Gasteiger partial charge in [0.2, 0.25) is 5.88 Å². The van der Waals surface area contributed by atoms with Crippen LogP contribution in [-0.4, -0.2) is 10.1 Å². The summed E-state index contributed by atoms with van der Waals surface area (Å²) in [6, 6.07) is 9.83. The Labute approximate surface area is 121 Å². The number of halogens is 1. The quantitative estimate of drug-likeness (QED) is 0.936. The van der Waals surface area contributed by atoms with Crippen molar-refractivity contribution in [2.24, 2.45) is 0 Å². The lowest BCUT2D eigenvalue weighted by molar-refractivity contribution is 0.251. The first-order valence-electron chi connectivity index (χ1n) is 6.06. The zero-order valence-corrected chi connectivity index (χ0v) is 12.6. The Balaban J connectivity index is 2.22. The molecular formula is C15H16BrNO2. The lowest BCUT2D eigenvalue weighted by atomic mass is 10.1. The van der Waals surface area contributed by atoms with Crippen LogP contribution in [0.4, 0.5) is 0 Å². The van der Waals surface area contributed by atoms with Gasteiger partial charge < -0.3 is 9.84 Å². The number of aryl methyl sites for hydroxylation is 2. The number of pyridine rings is 1. The van der Waals surface area contributed by atoms with Gasteiger partial charge in [-0.25, -0.2) is 4.98 Å². The molecule has 1 heterocycles. The van der Waals surface area contributed by atoms with Gasteiger partial charge >= 0.3 is 0 Å². The molecule has 0 unspecified atom stereocenters. The van der Waals surface area contributed by atoms with Gasteiger partial charge in [-0.3, -0.25) is 0 Å². The Bertz CT molecular complexity index is 584. The summed E-state index contributed by atoms with van der Waals surface area (Å²) in [7, 11) is 0. The van der Waals surface area contributed by atoms with Crippen LogP contribution < -0.4 is 4.74 Å². The second kappa shape index (κ2) is 6.17. The Morgan fingerprint density at radius 3 is 2.68 bits per heavy atom. The van der Waals surface area contributed by atoms with Crippen LogP contribution in [0.5, 0.6) is 5.88 Å². The van der Waals surface area contributed by atoms with Crippen molar-refractivity contribution in [3.63, 3.8) is 0 Å². The van der Waals surface area contributed by atoms with E-state index in [4.69, 9.17) is 4.74 Å². The van der Waals surface area contributed by atoms with Crippen molar-refractivity contribution in [1.82, 2.24) is 4.98 Å². The molecule has 1 aromatic heterocycles. The van der Waals surface area contributed by atoms with Crippen LogP contribution in [-0.2, 0) is 13.2 Å². The molecule has 0 bridgehead atoms. The molecule has 19 heavy (non-hydrogen) atoms. The van der Waals surface area contributed by atoms with E-state index in [0.717, 1.165) is 26.9 Å². The summed E-state index contributed by atoms with van der Waals surface area (Å²) in [4.78, 5) is 4.35. The fourth-order valence-corrected chi connectivity index (χ4v) is 2.30. The van der Waals surface area contributed by atoms with Crippen molar-refractivity contribution < 1.29 is 9.84 Å². The lowest BCUT2D eigenvalue weighted by Crippen LogP contribution is -2.04. The van der Waals surface area contributed by atoms with Gasteiger partial charge in [0, 0.05) is 21.3 Å². The van der Waals surface area contributed by atoms with Gasteiger partial charge in [0.05, 0.1) is 6.61 Å². The molecule has 0 radical (unpaired) electrons. The highest BCUT2D eigenvalue weighted by atomic mass is 79.9. The minimum atomic E-state index is -0.0651. The number of hydrogen-bond acceptors (Lipinski definition) is 3. The normalized spacial score (nSPS) is 10.5. The Hall–Kier alpha value is -1.39. The SMILES string of the molecule is Cc1cc(C)c(CO)c(OCc2ccccc2Br)n1.